The number of likely N-dealkylation sites (tertiary alicyclic amines) is 2. The smallest absolute Gasteiger partial charge is 0.419 e. The summed E-state index contributed by atoms with van der Waals surface area (Å²) in [7, 11) is 3.11. The summed E-state index contributed by atoms with van der Waals surface area (Å²) >= 11 is 0. The summed E-state index contributed by atoms with van der Waals surface area (Å²) in [5.74, 6) is -8.33. The third-order valence-corrected chi connectivity index (χ3v) is 18.7. The van der Waals surface area contributed by atoms with Crippen molar-refractivity contribution in [2.24, 2.45) is 23.7 Å². The van der Waals surface area contributed by atoms with Crippen LogP contribution in [0, 0.1) is 63.0 Å². The van der Waals surface area contributed by atoms with Crippen LogP contribution in [-0.4, -0.2) is 121 Å². The monoisotopic (exact) mass is 1510 g/mol. The van der Waals surface area contributed by atoms with E-state index < -0.39 is 142 Å². The second-order valence-corrected chi connectivity index (χ2v) is 28.0. The first-order chi connectivity index (χ1) is 49.4. The number of nitrogens with one attached hydrogen (secondary N) is 2. The Balaban J connectivity index is 0.000000296. The normalized spacial score (nSPS) is 15.3. The van der Waals surface area contributed by atoms with E-state index in [-0.39, 0.29) is 91.3 Å². The Hall–Kier alpha value is -8.48. The molecule has 4 atom stereocenters. The maximum atomic E-state index is 16.1. The summed E-state index contributed by atoms with van der Waals surface area (Å²) < 4.78 is 220. The molecule has 30 heteroatoms. The van der Waals surface area contributed by atoms with Crippen LogP contribution in [0.1, 0.15) is 151 Å². The minimum absolute atomic E-state index is 0.0180. The fourth-order valence-electron chi connectivity index (χ4n) is 13.8. The number of aromatic nitrogens is 2. The minimum atomic E-state index is -5.20. The van der Waals surface area contributed by atoms with Gasteiger partial charge in [0.2, 0.25) is 11.8 Å². The molecule has 6 aromatic rings. The molecule has 0 aliphatic carbocycles. The molecule has 2 aromatic heterocycles. The van der Waals surface area contributed by atoms with Crippen molar-refractivity contribution in [3.63, 3.8) is 0 Å². The highest BCUT2D eigenvalue weighted by atomic mass is 19.4. The van der Waals surface area contributed by atoms with Gasteiger partial charge >= 0.3 is 36.6 Å². The summed E-state index contributed by atoms with van der Waals surface area (Å²) in [6.45, 7) is 18.7. The van der Waals surface area contributed by atoms with Crippen LogP contribution in [-0.2, 0) is 70.9 Å². The summed E-state index contributed by atoms with van der Waals surface area (Å²) in [6, 6.07) is 7.74. The van der Waals surface area contributed by atoms with Gasteiger partial charge in [0.1, 0.15) is 23.7 Å². The van der Waals surface area contributed by atoms with Crippen molar-refractivity contribution >= 4 is 23.8 Å². The SMILES string of the molecule is CCOC(=O)C[C@H](NC(=O)C(CC(C)C)n1cc(CCN2CC(COC)C2)c(C(F)(F)F)cc1=O)c1cc(-c2c(C)cccc2C)cc(C(F)(F)F)c1F.COCC1CN(CCc2cn(C(CC(C)C)C(=O)N[C@@H](CC(=O)O)c3cc(-c4c(C)cccc4C)cc(C(F)(F)F)c3F)c(=O)cc2C(F)(F)F)C1. The number of carbonyl (C=O) groups is 4. The molecule has 16 nitrogen and oxygen atoms in total. The number of amides is 2. The number of halogens is 14. The van der Waals surface area contributed by atoms with Gasteiger partial charge in [0, 0.05) is 101 Å². The first-order valence-electron chi connectivity index (χ1n) is 34.4. The molecule has 4 heterocycles. The van der Waals surface area contributed by atoms with Crippen molar-refractivity contribution in [1.82, 2.24) is 29.6 Å². The maximum Gasteiger partial charge on any atom is 0.419 e. The zero-order chi connectivity index (χ0) is 78.8. The number of ether oxygens (including phenoxy) is 3. The molecule has 580 valence electrons. The largest absolute Gasteiger partial charge is 0.481 e. The molecule has 2 unspecified atom stereocenters. The number of rotatable bonds is 29. The minimum Gasteiger partial charge on any atom is -0.481 e. The third-order valence-electron chi connectivity index (χ3n) is 18.7. The summed E-state index contributed by atoms with van der Waals surface area (Å²) in [5.41, 5.74) is -6.88. The van der Waals surface area contributed by atoms with Crippen LogP contribution < -0.4 is 21.8 Å². The van der Waals surface area contributed by atoms with Gasteiger partial charge in [-0.05, 0) is 152 Å². The molecule has 0 saturated carbocycles. The number of aryl methyl sites for hydroxylation is 4. The molecule has 2 aliphatic rings. The molecule has 2 fully saturated rings. The van der Waals surface area contributed by atoms with E-state index in [1.165, 1.54) is 6.92 Å². The highest BCUT2D eigenvalue weighted by Gasteiger charge is 2.43. The number of hydrogen-bond donors (Lipinski definition) is 3. The van der Waals surface area contributed by atoms with E-state index in [4.69, 9.17) is 14.2 Å². The van der Waals surface area contributed by atoms with Crippen LogP contribution in [0.15, 0.2) is 94.8 Å². The highest BCUT2D eigenvalue weighted by molar-refractivity contribution is 5.83. The van der Waals surface area contributed by atoms with E-state index in [0.717, 1.165) is 33.7 Å². The van der Waals surface area contributed by atoms with Crippen LogP contribution in [0.5, 0.6) is 0 Å². The first kappa shape index (κ1) is 84.8. The number of alkyl halides is 12. The Kier molecular flexibility index (Phi) is 28.4. The van der Waals surface area contributed by atoms with Crippen molar-refractivity contribution < 1.29 is 100.0 Å². The molecule has 0 spiro atoms. The average molecular weight is 1510 g/mol. The number of esters is 1. The van der Waals surface area contributed by atoms with Gasteiger partial charge in [-0.2, -0.15) is 52.7 Å². The predicted octanol–water partition coefficient (Wildman–Crippen LogP) is 15.2. The van der Waals surface area contributed by atoms with E-state index in [1.54, 1.807) is 106 Å². The molecular weight excluding hydrogens is 1420 g/mol. The summed E-state index contributed by atoms with van der Waals surface area (Å²) in [5, 5.41) is 14.6. The fraction of sp³-hybridized carbons (Fsp3) is 0.500. The maximum absolute atomic E-state index is 16.1. The number of methoxy groups -OCH3 is 2. The average Bonchev–Trinajstić information content (AvgIpc) is 0.786. The van der Waals surface area contributed by atoms with E-state index in [9.17, 15) is 86.6 Å². The van der Waals surface area contributed by atoms with E-state index in [2.05, 4.69) is 10.6 Å². The third kappa shape index (κ3) is 21.7. The number of carboxylic acid groups (broad SMARTS) is 1. The molecule has 0 radical (unpaired) electrons. The Bertz CT molecular complexity index is 4190. The van der Waals surface area contributed by atoms with E-state index in [1.807, 2.05) is 9.80 Å². The van der Waals surface area contributed by atoms with Gasteiger partial charge in [-0.15, -0.1) is 0 Å². The lowest BCUT2D eigenvalue weighted by Crippen LogP contribution is -2.49. The van der Waals surface area contributed by atoms with Crippen molar-refractivity contribution in [3.8, 4) is 22.3 Å². The molecule has 3 N–H and O–H groups in total. The van der Waals surface area contributed by atoms with Crippen molar-refractivity contribution in [1.29, 1.82) is 0 Å². The molecule has 2 saturated heterocycles. The summed E-state index contributed by atoms with van der Waals surface area (Å²) in [6.07, 6.45) is -20.5. The number of pyridine rings is 2. The van der Waals surface area contributed by atoms with Crippen molar-refractivity contribution in [2.45, 2.75) is 150 Å². The van der Waals surface area contributed by atoms with Crippen LogP contribution in [0.4, 0.5) is 61.5 Å². The summed E-state index contributed by atoms with van der Waals surface area (Å²) in [4.78, 5) is 83.6. The molecule has 106 heavy (non-hydrogen) atoms. The van der Waals surface area contributed by atoms with E-state index in [0.29, 0.717) is 97.0 Å². The van der Waals surface area contributed by atoms with Crippen molar-refractivity contribution in [3.05, 3.63) is 184 Å². The Morgan fingerprint density at radius 1 is 0.528 bits per heavy atom. The van der Waals surface area contributed by atoms with Gasteiger partial charge in [-0.25, -0.2) is 8.78 Å². The molecule has 2 amide bonds. The lowest BCUT2D eigenvalue weighted by atomic mass is 9.90. The number of aliphatic carboxylic acids is 1. The number of hydrogen-bond acceptors (Lipinski definition) is 11. The van der Waals surface area contributed by atoms with Gasteiger partial charge in [-0.1, -0.05) is 64.1 Å². The van der Waals surface area contributed by atoms with Gasteiger partial charge in [-0.3, -0.25) is 28.8 Å². The number of carbonyl (C=O) groups excluding carboxylic acids is 3. The predicted molar refractivity (Wildman–Crippen MR) is 367 cm³/mol. The molecule has 8 rings (SSSR count). The van der Waals surface area contributed by atoms with Crippen LogP contribution in [0.2, 0.25) is 0 Å². The zero-order valence-corrected chi connectivity index (χ0v) is 60.5. The Morgan fingerprint density at radius 2 is 0.868 bits per heavy atom. The van der Waals surface area contributed by atoms with Gasteiger partial charge in [0.25, 0.3) is 11.1 Å². The highest BCUT2D eigenvalue weighted by Crippen LogP contribution is 2.43. The first-order valence-corrected chi connectivity index (χ1v) is 34.4. The molecule has 2 aliphatic heterocycles. The van der Waals surface area contributed by atoms with Crippen molar-refractivity contribution in [2.75, 3.05) is 73.3 Å². The Labute approximate surface area is 604 Å². The van der Waals surface area contributed by atoms with Gasteiger partial charge < -0.3 is 48.9 Å². The second kappa shape index (κ2) is 35.5. The zero-order valence-electron chi connectivity index (χ0n) is 60.5. The van der Waals surface area contributed by atoms with Crippen LogP contribution in [0.25, 0.3) is 22.3 Å². The Morgan fingerprint density at radius 3 is 1.17 bits per heavy atom. The van der Waals surface area contributed by atoms with Gasteiger partial charge in [0.15, 0.2) is 0 Å². The number of benzene rings is 4. The molecular formula is C76H88F14N6O10. The topological polar surface area (TPSA) is 191 Å². The van der Waals surface area contributed by atoms with Crippen LogP contribution in [0.3, 0.4) is 0 Å². The molecule has 4 aromatic carbocycles. The van der Waals surface area contributed by atoms with Crippen LogP contribution >= 0.6 is 0 Å². The fourth-order valence-corrected chi connectivity index (χ4v) is 13.8. The number of nitrogens with zero attached hydrogens (tertiary/aromatic N) is 4. The molecule has 0 bridgehead atoms. The van der Waals surface area contributed by atoms with Gasteiger partial charge in [0.05, 0.1) is 67.0 Å². The second-order valence-electron chi connectivity index (χ2n) is 28.0. The number of carboxylic acids is 1. The van der Waals surface area contributed by atoms with E-state index >= 15 is 8.78 Å². The quantitative estimate of drug-likeness (QED) is 0.0298. The lowest BCUT2D eigenvalue weighted by Gasteiger charge is -2.39. The lowest BCUT2D eigenvalue weighted by molar-refractivity contribution is -0.144. The standard InChI is InChI=1S/C39H46F7N3O5.C37H42F7N3O5/c1-7-54-34(51)17-31(28-14-27(15-30(36(28)40)39(44,45)46)35-23(4)9-8-10-24(35)5)47-37(52)32(13-22(2)3)49-20-26(29(16-33(49)50)38(41,42)43)11-12-48-18-25(19-48)21-53-6;1-20(2)11-30(47-18-24(27(14-31(47)48)36(39,40)41)9-10-46-16-23(17-46)19-52-5)35(51)45-29(15-32(49)50)26-12-25(13-28(34(26)38)37(42,43)44)33-21(3)7-6-8-22(33)4/h8-10,14-16,20,22,25,31-32H,7,11-13,17-19,21H2,1-6H3,(H,47,52);6-8,12-14,18,20,23,29-30H,9-11,15-17,19H2,1-5H3,(H,45,51)(H,49,50)/t31-,32?;29-,30?/m00/s1.